The first-order chi connectivity index (χ1) is 26.8. The summed E-state index contributed by atoms with van der Waals surface area (Å²) in [7, 11) is 0. The van der Waals surface area contributed by atoms with Crippen molar-refractivity contribution in [3.05, 3.63) is 200 Å². The zero-order chi connectivity index (χ0) is 35.6. The number of hydrogen-bond donors (Lipinski definition) is 0. The van der Waals surface area contributed by atoms with Gasteiger partial charge in [0.1, 0.15) is 0 Å². The van der Waals surface area contributed by atoms with E-state index in [2.05, 4.69) is 205 Å². The molecule has 252 valence electrons. The van der Waals surface area contributed by atoms with Gasteiger partial charge in [-0.05, 0) is 114 Å². The number of thiophene rings is 1. The van der Waals surface area contributed by atoms with E-state index in [4.69, 9.17) is 0 Å². The van der Waals surface area contributed by atoms with E-state index in [1.54, 1.807) is 0 Å². The maximum atomic E-state index is 2.41. The molecular formula is C52H33NS. The summed E-state index contributed by atoms with van der Waals surface area (Å²) in [5, 5.41) is 12.9. The van der Waals surface area contributed by atoms with Crippen LogP contribution in [-0.4, -0.2) is 0 Å². The van der Waals surface area contributed by atoms with E-state index in [9.17, 15) is 0 Å². The zero-order valence-corrected chi connectivity index (χ0v) is 30.2. The normalized spacial score (nSPS) is 11.7. The number of hydrogen-bond acceptors (Lipinski definition) is 2. The Morgan fingerprint density at radius 1 is 0.296 bits per heavy atom. The minimum absolute atomic E-state index is 1.11. The highest BCUT2D eigenvalue weighted by Crippen LogP contribution is 2.44. The third-order valence-electron chi connectivity index (χ3n) is 11.0. The Morgan fingerprint density at radius 2 is 0.870 bits per heavy atom. The van der Waals surface area contributed by atoms with Gasteiger partial charge in [-0.2, -0.15) is 0 Å². The van der Waals surface area contributed by atoms with Crippen molar-refractivity contribution in [2.45, 2.75) is 0 Å². The number of benzene rings is 10. The van der Waals surface area contributed by atoms with Crippen molar-refractivity contribution in [2.75, 3.05) is 4.90 Å². The fraction of sp³-hybridized carbons (Fsp3) is 0. The predicted octanol–water partition coefficient (Wildman–Crippen LogP) is 15.5. The van der Waals surface area contributed by atoms with E-state index in [1.165, 1.54) is 85.5 Å². The van der Waals surface area contributed by atoms with E-state index in [-0.39, 0.29) is 0 Å². The Morgan fingerprint density at radius 3 is 1.67 bits per heavy atom. The third-order valence-corrected chi connectivity index (χ3v) is 12.1. The summed E-state index contributed by atoms with van der Waals surface area (Å²) in [5.41, 5.74) is 8.22. The van der Waals surface area contributed by atoms with Crippen LogP contribution in [0.1, 0.15) is 0 Å². The fourth-order valence-corrected chi connectivity index (χ4v) is 9.58. The average Bonchev–Trinajstić information content (AvgIpc) is 3.63. The summed E-state index contributed by atoms with van der Waals surface area (Å²) < 4.78 is 2.62. The molecule has 0 atom stereocenters. The fourth-order valence-electron chi connectivity index (χ4n) is 8.48. The molecule has 1 heterocycles. The molecule has 0 aliphatic heterocycles. The maximum absolute atomic E-state index is 2.41. The first-order valence-corrected chi connectivity index (χ1v) is 19.3. The van der Waals surface area contributed by atoms with Gasteiger partial charge in [0, 0.05) is 37.2 Å². The third kappa shape index (κ3) is 4.99. The average molecular weight is 704 g/mol. The van der Waals surface area contributed by atoms with Crippen LogP contribution in [0, 0.1) is 0 Å². The van der Waals surface area contributed by atoms with Crippen LogP contribution in [-0.2, 0) is 0 Å². The lowest BCUT2D eigenvalue weighted by Gasteiger charge is -2.26. The summed E-state index contributed by atoms with van der Waals surface area (Å²) in [6.45, 7) is 0. The van der Waals surface area contributed by atoms with Crippen molar-refractivity contribution >= 4 is 91.7 Å². The van der Waals surface area contributed by atoms with Gasteiger partial charge < -0.3 is 4.90 Å². The van der Waals surface area contributed by atoms with E-state index in [1.807, 2.05) is 11.3 Å². The molecule has 10 aromatic carbocycles. The van der Waals surface area contributed by atoms with Gasteiger partial charge in [0.15, 0.2) is 0 Å². The van der Waals surface area contributed by atoms with Gasteiger partial charge in [-0.25, -0.2) is 0 Å². The Bertz CT molecular complexity index is 3210. The first kappa shape index (κ1) is 30.8. The lowest BCUT2D eigenvalue weighted by molar-refractivity contribution is 1.29. The molecule has 11 aromatic rings. The number of nitrogens with zero attached hydrogens (tertiary/aromatic N) is 1. The molecule has 0 unspecified atom stereocenters. The molecule has 0 amide bonds. The Balaban J connectivity index is 1.11. The molecule has 0 fully saturated rings. The lowest BCUT2D eigenvalue weighted by Crippen LogP contribution is -2.10. The van der Waals surface area contributed by atoms with Crippen LogP contribution in [0.25, 0.3) is 85.5 Å². The van der Waals surface area contributed by atoms with Crippen LogP contribution < -0.4 is 4.90 Å². The van der Waals surface area contributed by atoms with E-state index < -0.39 is 0 Å². The standard InChI is InChI=1S/C52H33NS/c1-2-10-34(11-3-1)40-15-8-16-42(32-40)53(43-29-31-48-47(33-43)52-46-18-7-5-13-36(46)26-30-49(52)54-48)41-27-24-37(25-28-41)45-19-9-14-38-22-23-39-21-20-35-12-4-6-17-44(35)51(39)50(38)45/h1-33H. The molecule has 0 spiro atoms. The maximum Gasteiger partial charge on any atom is 0.0468 e. The van der Waals surface area contributed by atoms with Gasteiger partial charge in [0.05, 0.1) is 0 Å². The van der Waals surface area contributed by atoms with E-state index in [0.29, 0.717) is 0 Å². The number of fused-ring (bicyclic) bond motifs is 10. The van der Waals surface area contributed by atoms with Crippen LogP contribution in [0.15, 0.2) is 200 Å². The molecule has 0 radical (unpaired) electrons. The van der Waals surface area contributed by atoms with Crippen molar-refractivity contribution in [3.63, 3.8) is 0 Å². The Hall–Kier alpha value is -6.74. The highest BCUT2D eigenvalue weighted by atomic mass is 32.1. The van der Waals surface area contributed by atoms with Crippen molar-refractivity contribution in [2.24, 2.45) is 0 Å². The summed E-state index contributed by atoms with van der Waals surface area (Å²) in [6.07, 6.45) is 0. The predicted molar refractivity (Wildman–Crippen MR) is 235 cm³/mol. The Labute approximate surface area is 317 Å². The second kappa shape index (κ2) is 12.4. The highest BCUT2D eigenvalue weighted by molar-refractivity contribution is 7.26. The van der Waals surface area contributed by atoms with E-state index in [0.717, 1.165) is 17.1 Å². The number of rotatable bonds is 5. The lowest BCUT2D eigenvalue weighted by atomic mass is 9.91. The smallest absolute Gasteiger partial charge is 0.0468 e. The van der Waals surface area contributed by atoms with Crippen LogP contribution in [0.3, 0.4) is 0 Å². The first-order valence-electron chi connectivity index (χ1n) is 18.5. The van der Waals surface area contributed by atoms with Gasteiger partial charge in [0.2, 0.25) is 0 Å². The van der Waals surface area contributed by atoms with Gasteiger partial charge in [-0.15, -0.1) is 11.3 Å². The van der Waals surface area contributed by atoms with Gasteiger partial charge in [0.25, 0.3) is 0 Å². The molecule has 0 saturated carbocycles. The van der Waals surface area contributed by atoms with Crippen LogP contribution >= 0.6 is 11.3 Å². The molecule has 0 saturated heterocycles. The quantitative estimate of drug-likeness (QED) is 0.161. The summed E-state index contributed by atoms with van der Waals surface area (Å²) >= 11 is 1.87. The highest BCUT2D eigenvalue weighted by Gasteiger charge is 2.18. The molecule has 0 aliphatic rings. The summed E-state index contributed by atoms with van der Waals surface area (Å²) in [6, 6.07) is 73.5. The SMILES string of the molecule is c1ccc(-c2cccc(N(c3ccc(-c4cccc5ccc6ccc7ccccc7c6c45)cc3)c3ccc4sc5ccc6ccccc6c5c4c3)c2)cc1. The van der Waals surface area contributed by atoms with Gasteiger partial charge in [-0.1, -0.05) is 152 Å². The van der Waals surface area contributed by atoms with E-state index >= 15 is 0 Å². The number of anilines is 3. The molecule has 0 aliphatic carbocycles. The van der Waals surface area contributed by atoms with Crippen molar-refractivity contribution < 1.29 is 0 Å². The molecule has 54 heavy (non-hydrogen) atoms. The second-order valence-electron chi connectivity index (χ2n) is 14.1. The van der Waals surface area contributed by atoms with Crippen molar-refractivity contribution in [1.29, 1.82) is 0 Å². The monoisotopic (exact) mass is 703 g/mol. The minimum Gasteiger partial charge on any atom is -0.310 e. The molecule has 11 rings (SSSR count). The van der Waals surface area contributed by atoms with Crippen LogP contribution in [0.2, 0.25) is 0 Å². The minimum atomic E-state index is 1.11. The Kier molecular flexibility index (Phi) is 7.11. The van der Waals surface area contributed by atoms with Crippen LogP contribution in [0.5, 0.6) is 0 Å². The topological polar surface area (TPSA) is 3.24 Å². The molecule has 1 nitrogen and oxygen atoms in total. The summed E-state index contributed by atoms with van der Waals surface area (Å²) in [4.78, 5) is 2.41. The molecule has 2 heteroatoms. The molecule has 0 N–H and O–H groups in total. The largest absolute Gasteiger partial charge is 0.310 e. The summed E-state index contributed by atoms with van der Waals surface area (Å²) in [5.74, 6) is 0. The zero-order valence-electron chi connectivity index (χ0n) is 29.4. The second-order valence-corrected chi connectivity index (χ2v) is 15.2. The molecular weight excluding hydrogens is 671 g/mol. The molecule has 1 aromatic heterocycles. The van der Waals surface area contributed by atoms with Crippen molar-refractivity contribution in [1.82, 2.24) is 0 Å². The van der Waals surface area contributed by atoms with Crippen molar-refractivity contribution in [3.8, 4) is 22.3 Å². The van der Waals surface area contributed by atoms with Gasteiger partial charge >= 0.3 is 0 Å². The van der Waals surface area contributed by atoms with Gasteiger partial charge in [-0.3, -0.25) is 0 Å². The van der Waals surface area contributed by atoms with Crippen LogP contribution in [0.4, 0.5) is 17.1 Å². The molecule has 0 bridgehead atoms.